The summed E-state index contributed by atoms with van der Waals surface area (Å²) < 4.78 is 0. The molecule has 0 saturated heterocycles. The maximum Gasteiger partial charge on any atom is 0.238 e. The van der Waals surface area contributed by atoms with Gasteiger partial charge in [0.05, 0.1) is 30.3 Å². The maximum absolute atomic E-state index is 12.1. The Labute approximate surface area is 150 Å². The van der Waals surface area contributed by atoms with Crippen LogP contribution in [0.2, 0.25) is 5.02 Å². The topological polar surface area (TPSA) is 61.4 Å². The molecule has 24 heavy (non-hydrogen) atoms. The number of thiophene rings is 1. The van der Waals surface area contributed by atoms with E-state index in [-0.39, 0.29) is 24.9 Å². The van der Waals surface area contributed by atoms with Crippen molar-refractivity contribution in [3.63, 3.8) is 0 Å². The number of likely N-dealkylation sites (N-methyl/N-ethyl adjacent to an activating group) is 1. The van der Waals surface area contributed by atoms with Crippen LogP contribution in [0.4, 0.5) is 5.69 Å². The van der Waals surface area contributed by atoms with Gasteiger partial charge in [0.25, 0.3) is 0 Å². The molecule has 0 atom stereocenters. The molecule has 0 bridgehead atoms. The summed E-state index contributed by atoms with van der Waals surface area (Å²) in [5.74, 6) is -0.299. The van der Waals surface area contributed by atoms with E-state index >= 15 is 0 Å². The zero-order valence-corrected chi connectivity index (χ0v) is 15.0. The van der Waals surface area contributed by atoms with Crippen LogP contribution in [-0.4, -0.2) is 36.3 Å². The van der Waals surface area contributed by atoms with Crippen LogP contribution in [0.3, 0.4) is 0 Å². The fourth-order valence-corrected chi connectivity index (χ4v) is 2.92. The average molecular weight is 366 g/mol. The third-order valence-corrected chi connectivity index (χ3v) is 4.58. The quantitative estimate of drug-likeness (QED) is 0.756. The van der Waals surface area contributed by atoms with Crippen molar-refractivity contribution < 1.29 is 9.59 Å². The minimum absolute atomic E-state index is 0.101. The summed E-state index contributed by atoms with van der Waals surface area (Å²) >= 11 is 7.62. The van der Waals surface area contributed by atoms with Gasteiger partial charge in [-0.25, -0.2) is 0 Å². The Hall–Kier alpha value is -1.89. The second kappa shape index (κ2) is 9.42. The molecule has 1 aromatic carbocycles. The molecular weight excluding hydrogens is 346 g/mol. The van der Waals surface area contributed by atoms with E-state index < -0.39 is 0 Å². The second-order valence-electron chi connectivity index (χ2n) is 5.19. The lowest BCUT2D eigenvalue weighted by atomic mass is 10.3. The molecule has 2 amide bonds. The summed E-state index contributed by atoms with van der Waals surface area (Å²) in [6.07, 6.45) is 0. The third-order valence-electron chi connectivity index (χ3n) is 3.37. The number of halogens is 1. The summed E-state index contributed by atoms with van der Waals surface area (Å²) in [5.41, 5.74) is 0.572. The van der Waals surface area contributed by atoms with Crippen LogP contribution >= 0.6 is 22.9 Å². The number of para-hydroxylation sites is 1. The van der Waals surface area contributed by atoms with E-state index in [2.05, 4.69) is 10.6 Å². The van der Waals surface area contributed by atoms with Gasteiger partial charge < -0.3 is 10.6 Å². The monoisotopic (exact) mass is 365 g/mol. The molecule has 1 heterocycles. The third kappa shape index (κ3) is 5.96. The van der Waals surface area contributed by atoms with Crippen LogP contribution in [-0.2, 0) is 16.1 Å². The SMILES string of the molecule is CCN(CC(=O)NCc1cccs1)CC(=O)Nc1ccccc1Cl. The van der Waals surface area contributed by atoms with Crippen molar-refractivity contribution in [2.45, 2.75) is 13.5 Å². The molecule has 7 heteroatoms. The predicted molar refractivity (Wildman–Crippen MR) is 98.4 cm³/mol. The predicted octanol–water partition coefficient (Wildman–Crippen LogP) is 2.98. The van der Waals surface area contributed by atoms with Crippen LogP contribution in [0, 0.1) is 0 Å². The molecule has 0 radical (unpaired) electrons. The summed E-state index contributed by atoms with van der Waals surface area (Å²) in [4.78, 5) is 27.0. The number of nitrogens with one attached hydrogen (secondary N) is 2. The fourth-order valence-electron chi connectivity index (χ4n) is 2.09. The first-order chi connectivity index (χ1) is 11.6. The van der Waals surface area contributed by atoms with E-state index in [1.54, 1.807) is 40.5 Å². The fraction of sp³-hybridized carbons (Fsp3) is 0.294. The van der Waals surface area contributed by atoms with E-state index in [1.807, 2.05) is 24.4 Å². The van der Waals surface area contributed by atoms with Crippen LogP contribution in [0.5, 0.6) is 0 Å². The highest BCUT2D eigenvalue weighted by molar-refractivity contribution is 7.09. The Balaban J connectivity index is 1.79. The van der Waals surface area contributed by atoms with Crippen LogP contribution in [0.15, 0.2) is 41.8 Å². The standard InChI is InChI=1S/C17H20ClN3O2S/c1-2-21(11-16(22)19-10-13-6-5-9-24-13)12-17(23)20-15-8-4-3-7-14(15)18/h3-9H,2,10-12H2,1H3,(H,19,22)(H,20,23). The van der Waals surface area contributed by atoms with Gasteiger partial charge in [0, 0.05) is 4.88 Å². The Morgan fingerprint density at radius 3 is 2.54 bits per heavy atom. The number of rotatable bonds is 8. The molecule has 128 valence electrons. The summed E-state index contributed by atoms with van der Waals surface area (Å²) in [7, 11) is 0. The first-order valence-corrected chi connectivity index (χ1v) is 8.90. The molecule has 0 aliphatic rings. The van der Waals surface area contributed by atoms with Crippen molar-refractivity contribution >= 4 is 40.4 Å². The molecular formula is C17H20ClN3O2S. The number of amides is 2. The molecule has 0 saturated carbocycles. The zero-order valence-electron chi connectivity index (χ0n) is 13.4. The van der Waals surface area contributed by atoms with Crippen molar-refractivity contribution in [1.82, 2.24) is 10.2 Å². The summed E-state index contributed by atoms with van der Waals surface area (Å²) in [5, 5.41) is 8.08. The Bertz CT molecular complexity index is 676. The number of benzene rings is 1. The number of anilines is 1. The van der Waals surface area contributed by atoms with Gasteiger partial charge in [0.2, 0.25) is 11.8 Å². The number of carbonyl (C=O) groups excluding carboxylic acids is 2. The molecule has 0 aliphatic carbocycles. The highest BCUT2D eigenvalue weighted by Crippen LogP contribution is 2.20. The van der Waals surface area contributed by atoms with E-state index in [0.717, 1.165) is 4.88 Å². The summed E-state index contributed by atoms with van der Waals surface area (Å²) in [6.45, 7) is 3.34. The van der Waals surface area contributed by atoms with Gasteiger partial charge in [-0.1, -0.05) is 36.7 Å². The minimum Gasteiger partial charge on any atom is -0.350 e. The molecule has 5 nitrogen and oxygen atoms in total. The van der Waals surface area contributed by atoms with Crippen molar-refractivity contribution in [2.24, 2.45) is 0 Å². The zero-order chi connectivity index (χ0) is 17.4. The Morgan fingerprint density at radius 2 is 1.88 bits per heavy atom. The lowest BCUT2D eigenvalue weighted by molar-refractivity contribution is -0.123. The lowest BCUT2D eigenvalue weighted by Crippen LogP contribution is -2.40. The van der Waals surface area contributed by atoms with E-state index in [9.17, 15) is 9.59 Å². The number of nitrogens with zero attached hydrogens (tertiary/aromatic N) is 1. The van der Waals surface area contributed by atoms with Crippen molar-refractivity contribution in [3.8, 4) is 0 Å². The normalized spacial score (nSPS) is 10.6. The van der Waals surface area contributed by atoms with Crippen molar-refractivity contribution in [3.05, 3.63) is 51.7 Å². The molecule has 0 spiro atoms. The Morgan fingerprint density at radius 1 is 1.12 bits per heavy atom. The van der Waals surface area contributed by atoms with Crippen molar-refractivity contribution in [2.75, 3.05) is 25.0 Å². The first-order valence-electron chi connectivity index (χ1n) is 7.64. The van der Waals surface area contributed by atoms with E-state index in [1.165, 1.54) is 0 Å². The molecule has 0 unspecified atom stereocenters. The number of hydrogen-bond acceptors (Lipinski definition) is 4. The molecule has 0 fully saturated rings. The molecule has 2 N–H and O–H groups in total. The lowest BCUT2D eigenvalue weighted by Gasteiger charge is -2.19. The van der Waals surface area contributed by atoms with Crippen molar-refractivity contribution in [1.29, 1.82) is 0 Å². The average Bonchev–Trinajstić information content (AvgIpc) is 3.08. The second-order valence-corrected chi connectivity index (χ2v) is 6.63. The largest absolute Gasteiger partial charge is 0.350 e. The Kier molecular flexibility index (Phi) is 7.24. The first kappa shape index (κ1) is 18.4. The van der Waals surface area contributed by atoms with Gasteiger partial charge in [-0.3, -0.25) is 14.5 Å². The maximum atomic E-state index is 12.1. The molecule has 2 rings (SSSR count). The van der Waals surface area contributed by atoms with Crippen LogP contribution in [0.25, 0.3) is 0 Å². The molecule has 0 aliphatic heterocycles. The van der Waals surface area contributed by atoms with Gasteiger partial charge in [0.1, 0.15) is 0 Å². The smallest absolute Gasteiger partial charge is 0.238 e. The summed E-state index contributed by atoms with van der Waals surface area (Å²) in [6, 6.07) is 11.0. The highest BCUT2D eigenvalue weighted by atomic mass is 35.5. The minimum atomic E-state index is -0.198. The van der Waals surface area contributed by atoms with Crippen LogP contribution < -0.4 is 10.6 Å². The highest BCUT2D eigenvalue weighted by Gasteiger charge is 2.14. The number of hydrogen-bond donors (Lipinski definition) is 2. The van der Waals surface area contributed by atoms with Gasteiger partial charge in [-0.15, -0.1) is 11.3 Å². The van der Waals surface area contributed by atoms with Gasteiger partial charge in [-0.05, 0) is 30.1 Å². The molecule has 2 aromatic rings. The van der Waals surface area contributed by atoms with E-state index in [0.29, 0.717) is 23.8 Å². The van der Waals surface area contributed by atoms with Crippen LogP contribution in [0.1, 0.15) is 11.8 Å². The number of carbonyl (C=O) groups is 2. The van der Waals surface area contributed by atoms with Gasteiger partial charge >= 0.3 is 0 Å². The van der Waals surface area contributed by atoms with Gasteiger partial charge in [-0.2, -0.15) is 0 Å². The van der Waals surface area contributed by atoms with E-state index in [4.69, 9.17) is 11.6 Å². The van der Waals surface area contributed by atoms with Gasteiger partial charge in [0.15, 0.2) is 0 Å². The molecule has 1 aromatic heterocycles.